The van der Waals surface area contributed by atoms with E-state index in [2.05, 4.69) is 5.32 Å². The number of carbonyl (C=O) groups excluding carboxylic acids is 2. The minimum absolute atomic E-state index is 0.0885. The number of nitrogens with zero attached hydrogens (tertiary/aromatic N) is 3. The summed E-state index contributed by atoms with van der Waals surface area (Å²) in [6, 6.07) is 13.4. The van der Waals surface area contributed by atoms with E-state index in [-0.39, 0.29) is 17.5 Å². The van der Waals surface area contributed by atoms with Crippen molar-refractivity contribution in [3.63, 3.8) is 0 Å². The number of nitro groups is 1. The molecular formula is C24H30N4O6. The summed E-state index contributed by atoms with van der Waals surface area (Å²) in [5.74, 6) is 0.0232. The lowest BCUT2D eigenvalue weighted by atomic mass is 10.2. The molecule has 2 aromatic carbocycles. The highest BCUT2D eigenvalue weighted by molar-refractivity contribution is 5.96. The summed E-state index contributed by atoms with van der Waals surface area (Å²) in [7, 11) is 0. The summed E-state index contributed by atoms with van der Waals surface area (Å²) >= 11 is 0. The van der Waals surface area contributed by atoms with E-state index in [1.807, 2.05) is 31.7 Å². The quantitative estimate of drug-likeness (QED) is 0.500. The molecule has 10 nitrogen and oxygen atoms in total. The molecule has 182 valence electrons. The van der Waals surface area contributed by atoms with Gasteiger partial charge in [-0.2, -0.15) is 0 Å². The fourth-order valence-corrected chi connectivity index (χ4v) is 3.44. The van der Waals surface area contributed by atoms with Crippen molar-refractivity contribution in [2.75, 3.05) is 36.4 Å². The molecule has 1 saturated heterocycles. The summed E-state index contributed by atoms with van der Waals surface area (Å²) in [5.41, 5.74) is 0.0180. The largest absolute Gasteiger partial charge is 0.481 e. The second-order valence-corrected chi connectivity index (χ2v) is 8.98. The van der Waals surface area contributed by atoms with Crippen molar-refractivity contribution in [1.82, 2.24) is 4.90 Å². The fraction of sp³-hybridized carbons (Fsp3) is 0.417. The van der Waals surface area contributed by atoms with Crippen molar-refractivity contribution >= 4 is 29.1 Å². The Kier molecular flexibility index (Phi) is 7.60. The van der Waals surface area contributed by atoms with Crippen LogP contribution in [0.25, 0.3) is 0 Å². The van der Waals surface area contributed by atoms with Crippen LogP contribution in [0.4, 0.5) is 21.9 Å². The standard InChI is InChI=1S/C24H30N4O6/c1-17(33-19-8-6-5-7-9-19)22(29)25-20-16-18(10-11-21(20)28(31)32)26-12-14-27(15-13-26)23(30)34-24(2,3)4/h5-11,16-17H,12-15H2,1-4H3,(H,25,29). The molecule has 1 aliphatic heterocycles. The van der Waals surface area contributed by atoms with Gasteiger partial charge < -0.3 is 24.6 Å². The average Bonchev–Trinajstić information content (AvgIpc) is 2.78. The fourth-order valence-electron chi connectivity index (χ4n) is 3.44. The highest BCUT2D eigenvalue weighted by atomic mass is 16.6. The molecule has 3 rings (SSSR count). The third kappa shape index (κ3) is 6.60. The van der Waals surface area contributed by atoms with E-state index in [9.17, 15) is 19.7 Å². The van der Waals surface area contributed by atoms with E-state index in [1.54, 1.807) is 48.2 Å². The Hall–Kier alpha value is -3.82. The Balaban J connectivity index is 1.68. The summed E-state index contributed by atoms with van der Waals surface area (Å²) in [6.07, 6.45) is -1.22. The van der Waals surface area contributed by atoms with Crippen molar-refractivity contribution < 1.29 is 24.0 Å². The van der Waals surface area contributed by atoms with E-state index in [1.165, 1.54) is 6.07 Å². The molecule has 0 aliphatic carbocycles. The molecular weight excluding hydrogens is 440 g/mol. The van der Waals surface area contributed by atoms with Gasteiger partial charge in [0, 0.05) is 37.9 Å². The van der Waals surface area contributed by atoms with Crippen molar-refractivity contribution in [3.8, 4) is 5.75 Å². The van der Waals surface area contributed by atoms with Crippen LogP contribution in [0.1, 0.15) is 27.7 Å². The molecule has 1 fully saturated rings. The zero-order chi connectivity index (χ0) is 24.9. The lowest BCUT2D eigenvalue weighted by Gasteiger charge is -2.36. The number of ether oxygens (including phenoxy) is 2. The highest BCUT2D eigenvalue weighted by Crippen LogP contribution is 2.30. The number of amides is 2. The van der Waals surface area contributed by atoms with E-state index < -0.39 is 22.5 Å². The van der Waals surface area contributed by atoms with Crippen LogP contribution >= 0.6 is 0 Å². The molecule has 34 heavy (non-hydrogen) atoms. The van der Waals surface area contributed by atoms with Crippen LogP contribution in [0.5, 0.6) is 5.75 Å². The van der Waals surface area contributed by atoms with Crippen LogP contribution in [0.2, 0.25) is 0 Å². The minimum atomic E-state index is -0.858. The first-order valence-electron chi connectivity index (χ1n) is 11.1. The molecule has 0 saturated carbocycles. The van der Waals surface area contributed by atoms with Gasteiger partial charge in [-0.1, -0.05) is 18.2 Å². The van der Waals surface area contributed by atoms with Gasteiger partial charge in [-0.3, -0.25) is 14.9 Å². The van der Waals surface area contributed by atoms with Crippen molar-refractivity contribution in [1.29, 1.82) is 0 Å². The first-order chi connectivity index (χ1) is 16.0. The molecule has 1 atom stereocenters. The molecule has 1 aliphatic rings. The number of nitro benzene ring substituents is 1. The number of piperazine rings is 1. The van der Waals surface area contributed by atoms with Crippen LogP contribution in [0.3, 0.4) is 0 Å². The Morgan fingerprint density at radius 3 is 2.29 bits per heavy atom. The van der Waals surface area contributed by atoms with E-state index in [4.69, 9.17) is 9.47 Å². The van der Waals surface area contributed by atoms with Gasteiger partial charge in [0.2, 0.25) is 0 Å². The highest BCUT2D eigenvalue weighted by Gasteiger charge is 2.27. The van der Waals surface area contributed by atoms with Gasteiger partial charge in [-0.05, 0) is 52.0 Å². The van der Waals surface area contributed by atoms with Gasteiger partial charge in [0.15, 0.2) is 6.10 Å². The van der Waals surface area contributed by atoms with Crippen LogP contribution in [0, 0.1) is 10.1 Å². The smallest absolute Gasteiger partial charge is 0.410 e. The second kappa shape index (κ2) is 10.4. The van der Waals surface area contributed by atoms with Crippen LogP contribution < -0.4 is 15.0 Å². The Labute approximate surface area is 198 Å². The lowest BCUT2D eigenvalue weighted by molar-refractivity contribution is -0.383. The summed E-state index contributed by atoms with van der Waals surface area (Å²) < 4.78 is 11.0. The topological polar surface area (TPSA) is 114 Å². The normalized spacial score (nSPS) is 14.8. The Morgan fingerprint density at radius 2 is 1.71 bits per heavy atom. The lowest BCUT2D eigenvalue weighted by Crippen LogP contribution is -2.50. The number of para-hydroxylation sites is 1. The predicted octanol–water partition coefficient (Wildman–Crippen LogP) is 4.06. The molecule has 0 aromatic heterocycles. The Morgan fingerprint density at radius 1 is 1.06 bits per heavy atom. The number of hydrogen-bond acceptors (Lipinski definition) is 7. The van der Waals surface area contributed by atoms with Gasteiger partial charge in [0.05, 0.1) is 4.92 Å². The maximum Gasteiger partial charge on any atom is 0.410 e. The Bertz CT molecular complexity index is 1030. The molecule has 1 N–H and O–H groups in total. The maximum atomic E-state index is 12.7. The number of benzene rings is 2. The monoisotopic (exact) mass is 470 g/mol. The number of anilines is 2. The third-order valence-corrected chi connectivity index (χ3v) is 5.16. The first kappa shape index (κ1) is 24.8. The second-order valence-electron chi connectivity index (χ2n) is 8.98. The number of carbonyl (C=O) groups is 2. The van der Waals surface area contributed by atoms with E-state index in [0.717, 1.165) is 0 Å². The summed E-state index contributed by atoms with van der Waals surface area (Å²) in [5, 5.41) is 14.2. The molecule has 10 heteroatoms. The molecule has 0 bridgehead atoms. The van der Waals surface area contributed by atoms with Crippen molar-refractivity contribution in [3.05, 3.63) is 58.6 Å². The summed E-state index contributed by atoms with van der Waals surface area (Å²) in [4.78, 5) is 39.6. The van der Waals surface area contributed by atoms with Gasteiger partial charge >= 0.3 is 6.09 Å². The maximum absolute atomic E-state index is 12.7. The molecule has 2 aromatic rings. The number of rotatable bonds is 6. The minimum Gasteiger partial charge on any atom is -0.481 e. The molecule has 1 heterocycles. The zero-order valence-corrected chi connectivity index (χ0v) is 19.8. The molecule has 0 spiro atoms. The third-order valence-electron chi connectivity index (χ3n) is 5.16. The van der Waals surface area contributed by atoms with Gasteiger partial charge in [-0.15, -0.1) is 0 Å². The molecule has 0 radical (unpaired) electrons. The van der Waals surface area contributed by atoms with Gasteiger partial charge in [0.25, 0.3) is 11.6 Å². The number of nitrogens with one attached hydrogen (secondary N) is 1. The van der Waals surface area contributed by atoms with E-state index >= 15 is 0 Å². The number of hydrogen-bond donors (Lipinski definition) is 1. The zero-order valence-electron chi connectivity index (χ0n) is 19.8. The van der Waals surface area contributed by atoms with E-state index in [0.29, 0.717) is 37.6 Å². The first-order valence-corrected chi connectivity index (χ1v) is 11.1. The molecule has 2 amide bonds. The van der Waals surface area contributed by atoms with Crippen LogP contribution in [-0.2, 0) is 9.53 Å². The van der Waals surface area contributed by atoms with Gasteiger partial charge in [0.1, 0.15) is 17.0 Å². The van der Waals surface area contributed by atoms with Crippen molar-refractivity contribution in [2.45, 2.75) is 39.4 Å². The molecule has 1 unspecified atom stereocenters. The predicted molar refractivity (Wildman–Crippen MR) is 128 cm³/mol. The summed E-state index contributed by atoms with van der Waals surface area (Å²) in [6.45, 7) is 8.99. The SMILES string of the molecule is CC(Oc1ccccc1)C(=O)Nc1cc(N2CCN(C(=O)OC(C)(C)C)CC2)ccc1[N+](=O)[O-]. The van der Waals surface area contributed by atoms with Crippen molar-refractivity contribution in [2.24, 2.45) is 0 Å². The van der Waals surface area contributed by atoms with Crippen LogP contribution in [0.15, 0.2) is 48.5 Å². The average molecular weight is 471 g/mol. The van der Waals surface area contributed by atoms with Gasteiger partial charge in [-0.25, -0.2) is 4.79 Å². The van der Waals surface area contributed by atoms with Crippen LogP contribution in [-0.4, -0.2) is 59.7 Å².